The van der Waals surface area contributed by atoms with Crippen LogP contribution in [0.15, 0.2) is 6.20 Å². The summed E-state index contributed by atoms with van der Waals surface area (Å²) in [4.78, 5) is 14.5. The van der Waals surface area contributed by atoms with Crippen LogP contribution < -0.4 is 5.32 Å². The molecule has 1 N–H and O–H groups in total. The number of nitrogens with zero attached hydrogens (tertiary/aromatic N) is 3. The smallest absolute Gasteiger partial charge is 0.327 e. The van der Waals surface area contributed by atoms with Crippen molar-refractivity contribution in [1.82, 2.24) is 20.0 Å². The first-order chi connectivity index (χ1) is 10.0. The van der Waals surface area contributed by atoms with Gasteiger partial charge in [0.15, 0.2) is 0 Å². The van der Waals surface area contributed by atoms with Gasteiger partial charge in [-0.05, 0) is 26.9 Å². The predicted octanol–water partition coefficient (Wildman–Crippen LogP) is 1.26. The number of carbonyl (C=O) groups excluding carboxylic acids is 1. The van der Waals surface area contributed by atoms with Gasteiger partial charge in [0.2, 0.25) is 0 Å². The number of carbonyl (C=O) groups is 1. The number of hydrogen-bond donors (Lipinski definition) is 1. The Hall–Kier alpha value is -1.40. The largest absolute Gasteiger partial charge is 0.465 e. The molecule has 1 aromatic rings. The van der Waals surface area contributed by atoms with E-state index in [9.17, 15) is 4.79 Å². The van der Waals surface area contributed by atoms with Gasteiger partial charge in [0.25, 0.3) is 0 Å². The van der Waals surface area contributed by atoms with Crippen LogP contribution in [0.4, 0.5) is 0 Å². The van der Waals surface area contributed by atoms with Gasteiger partial charge in [0.05, 0.1) is 12.8 Å². The summed E-state index contributed by atoms with van der Waals surface area (Å²) in [5, 5.41) is 7.52. The summed E-state index contributed by atoms with van der Waals surface area (Å²) in [5.74, 6) is -0.242. The van der Waals surface area contributed by atoms with Crippen molar-refractivity contribution in [3.05, 3.63) is 17.5 Å². The third-order valence-electron chi connectivity index (χ3n) is 3.78. The summed E-state index contributed by atoms with van der Waals surface area (Å²) in [6, 6.07) is -0.450. The van der Waals surface area contributed by atoms with Gasteiger partial charge in [-0.15, -0.1) is 0 Å². The van der Waals surface area contributed by atoms with E-state index in [1.807, 2.05) is 20.9 Å². The number of aromatic nitrogens is 2. The van der Waals surface area contributed by atoms with Crippen LogP contribution in [0.25, 0.3) is 0 Å². The van der Waals surface area contributed by atoms with Gasteiger partial charge in [-0.2, -0.15) is 5.10 Å². The van der Waals surface area contributed by atoms with Crippen LogP contribution in [-0.4, -0.2) is 53.4 Å². The normalized spacial score (nSPS) is 12.7. The van der Waals surface area contributed by atoms with Crippen molar-refractivity contribution < 1.29 is 9.53 Å². The van der Waals surface area contributed by atoms with E-state index in [0.717, 1.165) is 37.4 Å². The Balaban J connectivity index is 2.74. The molecule has 120 valence electrons. The first kappa shape index (κ1) is 17.7. The Labute approximate surface area is 127 Å². The molecule has 1 atom stereocenters. The zero-order valence-corrected chi connectivity index (χ0v) is 13.8. The van der Waals surface area contributed by atoms with Gasteiger partial charge in [0.1, 0.15) is 6.04 Å². The molecule has 0 radical (unpaired) electrons. The van der Waals surface area contributed by atoms with Crippen molar-refractivity contribution in [3.8, 4) is 0 Å². The lowest BCUT2D eigenvalue weighted by Gasteiger charge is -2.21. The first-order valence-corrected chi connectivity index (χ1v) is 7.65. The molecule has 0 saturated carbocycles. The van der Waals surface area contributed by atoms with Crippen molar-refractivity contribution in [3.63, 3.8) is 0 Å². The lowest BCUT2D eigenvalue weighted by molar-refractivity contribution is -0.145. The second kappa shape index (κ2) is 8.79. The average Bonchev–Trinajstić information content (AvgIpc) is 2.80. The molecule has 0 aliphatic rings. The van der Waals surface area contributed by atoms with Gasteiger partial charge in [0, 0.05) is 31.4 Å². The fourth-order valence-electron chi connectivity index (χ4n) is 2.25. The highest BCUT2D eigenvalue weighted by atomic mass is 16.5. The number of ether oxygens (including phenoxy) is 1. The van der Waals surface area contributed by atoms with Gasteiger partial charge in [-0.3, -0.25) is 10.00 Å². The van der Waals surface area contributed by atoms with Crippen molar-refractivity contribution in [2.45, 2.75) is 33.7 Å². The summed E-state index contributed by atoms with van der Waals surface area (Å²) in [6.07, 6.45) is 1.74. The van der Waals surface area contributed by atoms with E-state index in [-0.39, 0.29) is 5.97 Å². The lowest BCUT2D eigenvalue weighted by atomic mass is 10.1. The molecule has 0 spiro atoms. The Morgan fingerprint density at radius 1 is 1.43 bits per heavy atom. The second-order valence-corrected chi connectivity index (χ2v) is 4.97. The zero-order valence-electron chi connectivity index (χ0n) is 13.8. The molecule has 0 aromatic carbocycles. The van der Waals surface area contributed by atoms with Gasteiger partial charge >= 0.3 is 5.97 Å². The maximum absolute atomic E-state index is 12.2. The number of esters is 1. The quantitative estimate of drug-likeness (QED) is 0.695. The minimum Gasteiger partial charge on any atom is -0.465 e. The highest BCUT2D eigenvalue weighted by Gasteiger charge is 2.25. The minimum atomic E-state index is -0.450. The van der Waals surface area contributed by atoms with Crippen molar-refractivity contribution >= 4 is 5.97 Å². The fourth-order valence-corrected chi connectivity index (χ4v) is 2.25. The van der Waals surface area contributed by atoms with Crippen LogP contribution >= 0.6 is 0 Å². The van der Waals surface area contributed by atoms with Crippen LogP contribution in [0.5, 0.6) is 0 Å². The molecule has 6 heteroatoms. The standard InChI is InChI=1S/C15H28N4O2/c1-6-19(7-2)10-9-16-14(15(20)21-8-3)13-11-17-18(5)12(13)4/h11,14,16H,6-10H2,1-5H3. The van der Waals surface area contributed by atoms with Crippen LogP contribution in [0.1, 0.15) is 38.1 Å². The summed E-state index contributed by atoms with van der Waals surface area (Å²) in [6.45, 7) is 12.1. The third kappa shape index (κ3) is 4.82. The van der Waals surface area contributed by atoms with Crippen molar-refractivity contribution in [2.75, 3.05) is 32.8 Å². The molecule has 0 aliphatic carbocycles. The van der Waals surface area contributed by atoms with E-state index in [0.29, 0.717) is 6.61 Å². The van der Waals surface area contributed by atoms with Crippen LogP contribution in [0.3, 0.4) is 0 Å². The van der Waals surface area contributed by atoms with Crippen molar-refractivity contribution in [2.24, 2.45) is 7.05 Å². The molecular weight excluding hydrogens is 268 g/mol. The predicted molar refractivity (Wildman–Crippen MR) is 83.1 cm³/mol. The lowest BCUT2D eigenvalue weighted by Crippen LogP contribution is -2.37. The third-order valence-corrected chi connectivity index (χ3v) is 3.78. The van der Waals surface area contributed by atoms with E-state index in [1.54, 1.807) is 10.9 Å². The molecule has 1 heterocycles. The molecule has 0 aliphatic heterocycles. The Morgan fingerprint density at radius 2 is 2.10 bits per heavy atom. The van der Waals surface area contributed by atoms with E-state index < -0.39 is 6.04 Å². The van der Waals surface area contributed by atoms with Gasteiger partial charge in [-0.25, -0.2) is 4.79 Å². The summed E-state index contributed by atoms with van der Waals surface area (Å²) in [5.41, 5.74) is 1.86. The van der Waals surface area contributed by atoms with E-state index in [1.165, 1.54) is 0 Å². The van der Waals surface area contributed by atoms with Gasteiger partial charge < -0.3 is 9.64 Å². The molecular formula is C15H28N4O2. The van der Waals surface area contributed by atoms with Crippen LogP contribution in [0.2, 0.25) is 0 Å². The number of rotatable bonds is 9. The van der Waals surface area contributed by atoms with Gasteiger partial charge in [-0.1, -0.05) is 13.8 Å². The first-order valence-electron chi connectivity index (χ1n) is 7.65. The average molecular weight is 296 g/mol. The zero-order chi connectivity index (χ0) is 15.8. The molecule has 0 saturated heterocycles. The minimum absolute atomic E-state index is 0.242. The molecule has 0 fully saturated rings. The monoisotopic (exact) mass is 296 g/mol. The van der Waals surface area contributed by atoms with E-state index >= 15 is 0 Å². The number of aryl methyl sites for hydroxylation is 1. The Kier molecular flexibility index (Phi) is 7.39. The molecule has 1 rings (SSSR count). The highest BCUT2D eigenvalue weighted by Crippen LogP contribution is 2.18. The number of nitrogens with one attached hydrogen (secondary N) is 1. The Bertz CT molecular complexity index is 441. The molecule has 6 nitrogen and oxygen atoms in total. The summed E-state index contributed by atoms with van der Waals surface area (Å²) >= 11 is 0. The van der Waals surface area contributed by atoms with Crippen LogP contribution in [-0.2, 0) is 16.6 Å². The maximum Gasteiger partial charge on any atom is 0.327 e. The molecule has 1 aromatic heterocycles. The highest BCUT2D eigenvalue weighted by molar-refractivity contribution is 5.77. The van der Waals surface area contributed by atoms with E-state index in [4.69, 9.17) is 4.74 Å². The number of hydrogen-bond acceptors (Lipinski definition) is 5. The maximum atomic E-state index is 12.2. The SMILES string of the molecule is CCOC(=O)C(NCCN(CC)CC)c1cnn(C)c1C. The molecule has 0 bridgehead atoms. The molecule has 1 unspecified atom stereocenters. The number of likely N-dealkylation sites (N-methyl/N-ethyl adjacent to an activating group) is 1. The topological polar surface area (TPSA) is 59.4 Å². The molecule has 21 heavy (non-hydrogen) atoms. The van der Waals surface area contributed by atoms with Crippen LogP contribution in [0, 0.1) is 6.92 Å². The summed E-state index contributed by atoms with van der Waals surface area (Å²) in [7, 11) is 1.87. The fraction of sp³-hybridized carbons (Fsp3) is 0.733. The van der Waals surface area contributed by atoms with E-state index in [2.05, 4.69) is 29.2 Å². The second-order valence-electron chi connectivity index (χ2n) is 4.97. The Morgan fingerprint density at radius 3 is 2.57 bits per heavy atom. The molecule has 0 amide bonds. The van der Waals surface area contributed by atoms with Crippen molar-refractivity contribution in [1.29, 1.82) is 0 Å². The summed E-state index contributed by atoms with van der Waals surface area (Å²) < 4.78 is 6.95.